The number of carbonyl (C=O) groups is 5. The fourth-order valence-corrected chi connectivity index (χ4v) is 9.08. The Kier molecular flexibility index (Phi) is 21.8. The molecule has 1 fully saturated rings. The molecule has 0 unspecified atom stereocenters. The van der Waals surface area contributed by atoms with Crippen LogP contribution in [0.25, 0.3) is 0 Å². The van der Waals surface area contributed by atoms with Crippen molar-refractivity contribution in [3.8, 4) is 0 Å². The molecule has 14 heteroatoms. The number of rotatable bonds is 25. The summed E-state index contributed by atoms with van der Waals surface area (Å²) in [6, 6.07) is 5.88. The molecule has 1 saturated heterocycles. The molecule has 13 nitrogen and oxygen atoms in total. The normalized spacial score (nSPS) is 18.7. The average molecular weight is 834 g/mol. The Labute approximate surface area is 353 Å². The number of nitrogens with one attached hydrogen (secondary N) is 2. The average Bonchev–Trinajstić information content (AvgIpc) is 3.65. The zero-order valence-corrected chi connectivity index (χ0v) is 38.3. The molecule has 0 spiro atoms. The van der Waals surface area contributed by atoms with Gasteiger partial charge >= 0.3 is 5.97 Å². The molecule has 1 aromatic carbocycles. The van der Waals surface area contributed by atoms with Gasteiger partial charge in [-0.25, -0.2) is 4.79 Å². The van der Waals surface area contributed by atoms with Crippen LogP contribution in [0.2, 0.25) is 0 Å². The Balaban J connectivity index is 2.27. The summed E-state index contributed by atoms with van der Waals surface area (Å²) in [6.45, 7) is 19.2. The van der Waals surface area contributed by atoms with Gasteiger partial charge in [-0.05, 0) is 48.5 Å². The van der Waals surface area contributed by atoms with Crippen LogP contribution < -0.4 is 10.6 Å². The third-order valence-corrected chi connectivity index (χ3v) is 12.7. The number of thioether (sulfide) groups is 1. The molecule has 4 amide bonds. The molecule has 9 atom stereocenters. The largest absolute Gasteiger partial charge is 0.480 e. The molecule has 330 valence electrons. The van der Waals surface area contributed by atoms with Crippen molar-refractivity contribution >= 4 is 41.4 Å². The number of ether oxygens (including phenoxy) is 2. The lowest BCUT2D eigenvalue weighted by Gasteiger charge is -2.41. The first-order valence-electron chi connectivity index (χ1n) is 21.1. The van der Waals surface area contributed by atoms with Crippen LogP contribution in [0.3, 0.4) is 0 Å². The predicted molar refractivity (Wildman–Crippen MR) is 231 cm³/mol. The Hall–Kier alpha value is -3.20. The predicted octanol–water partition coefficient (Wildman–Crippen LogP) is 4.96. The van der Waals surface area contributed by atoms with Gasteiger partial charge in [0.1, 0.15) is 12.1 Å². The SMILES string of the molecule is CC[C@H](C)[C@@H]([C@@H](CC(=O)N1CCC[C@H]1[C@H](OC)[C@@H](C)C(=O)N[C@@H](Cc1ccccc1)C(=O)O)OC)N(C)C(=O)[C@@H](NC(=O)[C@H](C(C)C)N(C)CCSC(C)C)C(C)C. The lowest BCUT2D eigenvalue weighted by Crippen LogP contribution is -2.60. The van der Waals surface area contributed by atoms with E-state index in [9.17, 15) is 29.1 Å². The first-order chi connectivity index (χ1) is 27.3. The van der Waals surface area contributed by atoms with Crippen LogP contribution in [-0.2, 0) is 39.9 Å². The van der Waals surface area contributed by atoms with Crippen molar-refractivity contribution in [2.75, 3.05) is 47.2 Å². The number of likely N-dealkylation sites (N-methyl/N-ethyl adjacent to an activating group) is 2. The van der Waals surface area contributed by atoms with Crippen LogP contribution in [0.15, 0.2) is 30.3 Å². The quantitative estimate of drug-likeness (QED) is 0.123. The number of nitrogens with zero attached hydrogens (tertiary/aromatic N) is 3. The number of likely N-dealkylation sites (tertiary alicyclic amines) is 1. The minimum absolute atomic E-state index is 0.0118. The highest BCUT2D eigenvalue weighted by atomic mass is 32.2. The summed E-state index contributed by atoms with van der Waals surface area (Å²) in [5.41, 5.74) is 0.786. The van der Waals surface area contributed by atoms with Crippen molar-refractivity contribution in [1.29, 1.82) is 0 Å². The number of aliphatic carboxylic acids is 1. The maximum absolute atomic E-state index is 14.4. The Morgan fingerprint density at radius 1 is 0.914 bits per heavy atom. The number of carboxylic acids is 1. The van der Waals surface area contributed by atoms with E-state index in [1.54, 1.807) is 30.9 Å². The molecular weight excluding hydrogens is 759 g/mol. The van der Waals surface area contributed by atoms with Crippen LogP contribution >= 0.6 is 11.8 Å². The summed E-state index contributed by atoms with van der Waals surface area (Å²) in [7, 11) is 6.74. The fraction of sp³-hybridized carbons (Fsp3) is 0.750. The molecule has 1 aliphatic rings. The molecule has 0 aliphatic carbocycles. The second kappa shape index (κ2) is 24.8. The molecular formula is C44H75N5O8S. The van der Waals surface area contributed by atoms with E-state index in [1.807, 2.05) is 90.7 Å². The van der Waals surface area contributed by atoms with Gasteiger partial charge in [0.25, 0.3) is 0 Å². The Bertz CT molecular complexity index is 1450. The van der Waals surface area contributed by atoms with Crippen molar-refractivity contribution in [3.63, 3.8) is 0 Å². The molecule has 1 heterocycles. The topological polar surface area (TPSA) is 158 Å². The summed E-state index contributed by atoms with van der Waals surface area (Å²) < 4.78 is 11.9. The summed E-state index contributed by atoms with van der Waals surface area (Å²) in [6.07, 6.45) is 0.803. The molecule has 0 aromatic heterocycles. The first kappa shape index (κ1) is 50.9. The number of amides is 4. The van der Waals surface area contributed by atoms with Crippen LogP contribution in [0.5, 0.6) is 0 Å². The van der Waals surface area contributed by atoms with E-state index in [0.29, 0.717) is 24.6 Å². The van der Waals surface area contributed by atoms with Crippen molar-refractivity contribution in [1.82, 2.24) is 25.3 Å². The van der Waals surface area contributed by atoms with E-state index in [1.165, 1.54) is 7.11 Å². The number of hydrogen-bond donors (Lipinski definition) is 3. The lowest BCUT2D eigenvalue weighted by atomic mass is 9.89. The lowest BCUT2D eigenvalue weighted by molar-refractivity contribution is -0.148. The Morgan fingerprint density at radius 3 is 2.07 bits per heavy atom. The summed E-state index contributed by atoms with van der Waals surface area (Å²) >= 11 is 1.85. The van der Waals surface area contributed by atoms with Crippen molar-refractivity contribution in [2.45, 2.75) is 142 Å². The third kappa shape index (κ3) is 14.5. The van der Waals surface area contributed by atoms with Crippen LogP contribution in [0.4, 0.5) is 0 Å². The van der Waals surface area contributed by atoms with E-state index < -0.39 is 60.2 Å². The Morgan fingerprint density at radius 2 is 1.55 bits per heavy atom. The van der Waals surface area contributed by atoms with Gasteiger partial charge in [0, 0.05) is 46.5 Å². The van der Waals surface area contributed by atoms with E-state index in [2.05, 4.69) is 29.4 Å². The van der Waals surface area contributed by atoms with Gasteiger partial charge in [-0.15, -0.1) is 0 Å². The molecule has 58 heavy (non-hydrogen) atoms. The highest BCUT2D eigenvalue weighted by molar-refractivity contribution is 7.99. The molecule has 0 bridgehead atoms. The van der Waals surface area contributed by atoms with Gasteiger partial charge in [0.2, 0.25) is 23.6 Å². The van der Waals surface area contributed by atoms with Gasteiger partial charge in [-0.1, -0.05) is 99.1 Å². The van der Waals surface area contributed by atoms with Gasteiger partial charge in [-0.3, -0.25) is 24.1 Å². The number of benzene rings is 1. The number of hydrogen-bond acceptors (Lipinski definition) is 9. The maximum Gasteiger partial charge on any atom is 0.326 e. The second-order valence-corrected chi connectivity index (χ2v) is 18.7. The highest BCUT2D eigenvalue weighted by Gasteiger charge is 2.43. The number of methoxy groups -OCH3 is 2. The van der Waals surface area contributed by atoms with E-state index in [0.717, 1.165) is 24.3 Å². The van der Waals surface area contributed by atoms with E-state index >= 15 is 0 Å². The van der Waals surface area contributed by atoms with Crippen LogP contribution in [0.1, 0.15) is 93.6 Å². The zero-order chi connectivity index (χ0) is 43.9. The third-order valence-electron chi connectivity index (χ3n) is 11.7. The molecule has 0 saturated carbocycles. The molecule has 1 aliphatic heterocycles. The summed E-state index contributed by atoms with van der Waals surface area (Å²) in [4.78, 5) is 73.8. The molecule has 1 aromatic rings. The van der Waals surface area contributed by atoms with Gasteiger partial charge in [0.05, 0.1) is 42.7 Å². The number of carbonyl (C=O) groups excluding carboxylic acids is 4. The monoisotopic (exact) mass is 834 g/mol. The minimum atomic E-state index is -1.14. The summed E-state index contributed by atoms with van der Waals surface area (Å²) in [5, 5.41) is 16.2. The van der Waals surface area contributed by atoms with Crippen LogP contribution in [-0.4, -0.2) is 144 Å². The second-order valence-electron chi connectivity index (χ2n) is 17.0. The molecule has 3 N–H and O–H groups in total. The van der Waals surface area contributed by atoms with Crippen molar-refractivity contribution in [3.05, 3.63) is 35.9 Å². The smallest absolute Gasteiger partial charge is 0.326 e. The molecule has 2 rings (SSSR count). The number of carboxylic acid groups (broad SMARTS) is 1. The standard InChI is InChI=1S/C44H75N5O8S/c1-14-30(8)39(48(11)43(53)37(27(2)3)46-42(52)38(28(4)5)47(10)23-24-58-29(6)7)35(56-12)26-36(50)49-22-18-21-34(49)40(57-13)31(9)41(51)45-33(44(54)55)25-32-19-16-15-17-20-32/h15-17,19-20,27-31,33-35,37-40H,14,18,21-26H2,1-13H3,(H,45,51)(H,46,52)(H,54,55)/t30-,31+,33-,34-,35+,37-,38-,39-,40+/m0/s1. The fourth-order valence-electron chi connectivity index (χ4n) is 8.21. The van der Waals surface area contributed by atoms with Crippen molar-refractivity contribution < 1.29 is 38.6 Å². The minimum Gasteiger partial charge on any atom is -0.480 e. The highest BCUT2D eigenvalue weighted by Crippen LogP contribution is 2.30. The maximum atomic E-state index is 14.4. The zero-order valence-electron chi connectivity index (χ0n) is 37.5. The van der Waals surface area contributed by atoms with Gasteiger partial charge in [-0.2, -0.15) is 11.8 Å². The van der Waals surface area contributed by atoms with Crippen LogP contribution in [0, 0.1) is 23.7 Å². The van der Waals surface area contributed by atoms with Gasteiger partial charge < -0.3 is 35.0 Å². The summed E-state index contributed by atoms with van der Waals surface area (Å²) in [5.74, 6) is -2.30. The first-order valence-corrected chi connectivity index (χ1v) is 22.2. The molecule has 0 radical (unpaired) electrons. The van der Waals surface area contributed by atoms with E-state index in [4.69, 9.17) is 9.47 Å². The van der Waals surface area contributed by atoms with E-state index in [-0.39, 0.29) is 48.3 Å². The van der Waals surface area contributed by atoms with Gasteiger partial charge in [0.15, 0.2) is 0 Å². The van der Waals surface area contributed by atoms with Crippen molar-refractivity contribution in [2.24, 2.45) is 23.7 Å².